The summed E-state index contributed by atoms with van der Waals surface area (Å²) < 4.78 is 0.522. The van der Waals surface area contributed by atoms with Gasteiger partial charge < -0.3 is 5.32 Å². The van der Waals surface area contributed by atoms with Crippen molar-refractivity contribution in [3.05, 3.63) is 55.9 Å². The number of nitro benzene ring substituents is 1. The summed E-state index contributed by atoms with van der Waals surface area (Å²) >= 11 is 8.86. The van der Waals surface area contributed by atoms with Crippen LogP contribution in [0.5, 0.6) is 0 Å². The van der Waals surface area contributed by atoms with Crippen LogP contribution in [0.25, 0.3) is 0 Å². The van der Waals surface area contributed by atoms with E-state index in [-0.39, 0.29) is 22.1 Å². The molecule has 0 aliphatic rings. The van der Waals surface area contributed by atoms with Gasteiger partial charge in [0.05, 0.1) is 17.3 Å². The molecule has 7 nitrogen and oxygen atoms in total. The first-order valence-electron chi connectivity index (χ1n) is 5.19. The lowest BCUT2D eigenvalue weighted by molar-refractivity contribution is -0.384. The summed E-state index contributed by atoms with van der Waals surface area (Å²) in [6, 6.07) is 3.63. The van der Waals surface area contributed by atoms with Gasteiger partial charge in [-0.15, -0.1) is 0 Å². The number of nitrogens with one attached hydrogen (secondary N) is 1. The lowest BCUT2D eigenvalue weighted by Gasteiger charge is -2.04. The molecule has 1 aromatic carbocycles. The summed E-state index contributed by atoms with van der Waals surface area (Å²) in [5.41, 5.74) is -0.196. The Kier molecular flexibility index (Phi) is 4.26. The fourth-order valence-corrected chi connectivity index (χ4v) is 1.81. The normalized spacial score (nSPS) is 10.1. The molecule has 1 heterocycles. The molecule has 0 saturated heterocycles. The van der Waals surface area contributed by atoms with E-state index in [1.54, 1.807) is 0 Å². The molecular weight excluding hydrogens is 352 g/mol. The first-order chi connectivity index (χ1) is 9.45. The van der Waals surface area contributed by atoms with E-state index in [0.29, 0.717) is 4.60 Å². The molecule has 2 rings (SSSR count). The molecule has 0 aliphatic heterocycles. The molecule has 0 aliphatic carbocycles. The van der Waals surface area contributed by atoms with Crippen LogP contribution in [-0.4, -0.2) is 20.8 Å². The number of hydrogen-bond donors (Lipinski definition) is 1. The van der Waals surface area contributed by atoms with Crippen molar-refractivity contribution < 1.29 is 9.72 Å². The lowest BCUT2D eigenvalue weighted by Crippen LogP contribution is -2.13. The number of benzene rings is 1. The highest BCUT2D eigenvalue weighted by Crippen LogP contribution is 2.21. The van der Waals surface area contributed by atoms with Gasteiger partial charge in [-0.3, -0.25) is 14.9 Å². The van der Waals surface area contributed by atoms with Gasteiger partial charge in [0.1, 0.15) is 4.60 Å². The van der Waals surface area contributed by atoms with E-state index in [1.807, 2.05) is 0 Å². The number of amides is 1. The molecule has 0 unspecified atom stereocenters. The number of hydrogen-bond acceptors (Lipinski definition) is 5. The molecule has 0 bridgehead atoms. The van der Waals surface area contributed by atoms with Gasteiger partial charge in [0.2, 0.25) is 0 Å². The maximum Gasteiger partial charge on any atom is 0.271 e. The van der Waals surface area contributed by atoms with Crippen molar-refractivity contribution in [2.45, 2.75) is 0 Å². The number of rotatable bonds is 3. The molecule has 20 heavy (non-hydrogen) atoms. The third-order valence-electron chi connectivity index (χ3n) is 2.22. The molecule has 102 valence electrons. The number of carbonyl (C=O) groups excluding carboxylic acids is 1. The minimum absolute atomic E-state index is 0.0638. The molecule has 1 amide bonds. The van der Waals surface area contributed by atoms with Crippen molar-refractivity contribution >= 4 is 44.9 Å². The maximum absolute atomic E-state index is 12.0. The van der Waals surface area contributed by atoms with Crippen molar-refractivity contribution in [1.82, 2.24) is 9.97 Å². The van der Waals surface area contributed by atoms with Crippen molar-refractivity contribution in [1.29, 1.82) is 0 Å². The molecule has 0 spiro atoms. The largest absolute Gasteiger partial charge is 0.305 e. The van der Waals surface area contributed by atoms with E-state index < -0.39 is 10.8 Å². The van der Waals surface area contributed by atoms with Gasteiger partial charge in [-0.2, -0.15) is 0 Å². The van der Waals surface area contributed by atoms with Crippen LogP contribution in [0, 0.1) is 10.1 Å². The van der Waals surface area contributed by atoms with Crippen LogP contribution in [-0.2, 0) is 0 Å². The Bertz CT molecular complexity index is 678. The first-order valence-corrected chi connectivity index (χ1v) is 6.36. The monoisotopic (exact) mass is 356 g/mol. The van der Waals surface area contributed by atoms with Crippen LogP contribution < -0.4 is 5.32 Å². The second kappa shape index (κ2) is 5.93. The van der Waals surface area contributed by atoms with Crippen LogP contribution in [0.3, 0.4) is 0 Å². The van der Waals surface area contributed by atoms with Crippen LogP contribution in [0.15, 0.2) is 35.2 Å². The Labute approximate surface area is 126 Å². The van der Waals surface area contributed by atoms with E-state index >= 15 is 0 Å². The zero-order chi connectivity index (χ0) is 14.7. The summed E-state index contributed by atoms with van der Waals surface area (Å²) in [6.45, 7) is 0. The van der Waals surface area contributed by atoms with Crippen molar-refractivity contribution in [3.8, 4) is 0 Å². The molecule has 0 radical (unpaired) electrons. The summed E-state index contributed by atoms with van der Waals surface area (Å²) in [6.07, 6.45) is 2.76. The summed E-state index contributed by atoms with van der Waals surface area (Å²) in [4.78, 5) is 29.9. The average molecular weight is 358 g/mol. The first kappa shape index (κ1) is 14.4. The van der Waals surface area contributed by atoms with Crippen LogP contribution >= 0.6 is 27.5 Å². The highest BCUT2D eigenvalue weighted by molar-refractivity contribution is 9.10. The number of carbonyl (C=O) groups is 1. The van der Waals surface area contributed by atoms with E-state index in [4.69, 9.17) is 11.6 Å². The van der Waals surface area contributed by atoms with Crippen molar-refractivity contribution in [3.63, 3.8) is 0 Å². The number of non-ortho nitro benzene ring substituents is 1. The standard InChI is InChI=1S/C11H6BrClN4O3/c12-9-4-15-10(5-14-9)16-11(18)6-1-7(13)3-8(2-6)17(19)20/h1-5H,(H,15,16,18). The number of nitro groups is 1. The summed E-state index contributed by atoms with van der Waals surface area (Å²) in [5.74, 6) is -0.340. The van der Waals surface area contributed by atoms with Crippen molar-refractivity contribution in [2.24, 2.45) is 0 Å². The molecule has 0 atom stereocenters. The third kappa shape index (κ3) is 3.49. The Morgan fingerprint density at radius 2 is 2.05 bits per heavy atom. The Morgan fingerprint density at radius 1 is 1.30 bits per heavy atom. The predicted molar refractivity (Wildman–Crippen MR) is 75.8 cm³/mol. The minimum Gasteiger partial charge on any atom is -0.305 e. The molecule has 1 aromatic heterocycles. The minimum atomic E-state index is -0.623. The topological polar surface area (TPSA) is 98.0 Å². The van der Waals surface area contributed by atoms with Crippen LogP contribution in [0.1, 0.15) is 10.4 Å². The smallest absolute Gasteiger partial charge is 0.271 e. The van der Waals surface area contributed by atoms with E-state index in [0.717, 1.165) is 12.1 Å². The second-order valence-corrected chi connectivity index (χ2v) is 4.88. The van der Waals surface area contributed by atoms with Gasteiger partial charge in [-0.1, -0.05) is 11.6 Å². The molecular formula is C11H6BrClN4O3. The lowest BCUT2D eigenvalue weighted by atomic mass is 10.2. The molecule has 2 aromatic rings. The van der Waals surface area contributed by atoms with E-state index in [9.17, 15) is 14.9 Å². The zero-order valence-electron chi connectivity index (χ0n) is 9.71. The Balaban J connectivity index is 2.25. The number of anilines is 1. The quantitative estimate of drug-likeness (QED) is 0.672. The molecule has 1 N–H and O–H groups in total. The third-order valence-corrected chi connectivity index (χ3v) is 2.85. The Hall–Kier alpha value is -2.06. The summed E-state index contributed by atoms with van der Waals surface area (Å²) in [7, 11) is 0. The fourth-order valence-electron chi connectivity index (χ4n) is 1.38. The highest BCUT2D eigenvalue weighted by atomic mass is 79.9. The molecule has 0 fully saturated rings. The van der Waals surface area contributed by atoms with Crippen LogP contribution in [0.2, 0.25) is 5.02 Å². The number of nitrogens with zero attached hydrogens (tertiary/aromatic N) is 3. The molecule has 0 saturated carbocycles. The van der Waals surface area contributed by atoms with Gasteiger partial charge in [0.25, 0.3) is 11.6 Å². The number of halogens is 2. The second-order valence-electron chi connectivity index (χ2n) is 3.63. The fraction of sp³-hybridized carbons (Fsp3) is 0. The SMILES string of the molecule is O=C(Nc1cnc(Br)cn1)c1cc(Cl)cc([N+](=O)[O-])c1. The zero-order valence-corrected chi connectivity index (χ0v) is 12.1. The number of aromatic nitrogens is 2. The Morgan fingerprint density at radius 3 is 2.65 bits per heavy atom. The van der Waals surface area contributed by atoms with Gasteiger partial charge in [-0.25, -0.2) is 9.97 Å². The maximum atomic E-state index is 12.0. The highest BCUT2D eigenvalue weighted by Gasteiger charge is 2.14. The van der Waals surface area contributed by atoms with Gasteiger partial charge in [0, 0.05) is 22.7 Å². The molecule has 9 heteroatoms. The van der Waals surface area contributed by atoms with Gasteiger partial charge >= 0.3 is 0 Å². The van der Waals surface area contributed by atoms with E-state index in [2.05, 4.69) is 31.2 Å². The van der Waals surface area contributed by atoms with Crippen LogP contribution in [0.4, 0.5) is 11.5 Å². The average Bonchev–Trinajstić information content (AvgIpc) is 2.40. The summed E-state index contributed by atoms with van der Waals surface area (Å²) in [5, 5.41) is 13.3. The van der Waals surface area contributed by atoms with E-state index in [1.165, 1.54) is 18.5 Å². The van der Waals surface area contributed by atoms with Gasteiger partial charge in [-0.05, 0) is 22.0 Å². The van der Waals surface area contributed by atoms with Crippen molar-refractivity contribution in [2.75, 3.05) is 5.32 Å². The van der Waals surface area contributed by atoms with Gasteiger partial charge in [0.15, 0.2) is 5.82 Å². The predicted octanol–water partition coefficient (Wildman–Crippen LogP) is 3.05.